The monoisotopic (exact) mass is 147 g/mol. The van der Waals surface area contributed by atoms with Gasteiger partial charge in [0.15, 0.2) is 0 Å². The Morgan fingerprint density at radius 1 is 1.60 bits per heavy atom. The van der Waals surface area contributed by atoms with Crippen LogP contribution in [0.4, 0.5) is 0 Å². The minimum absolute atomic E-state index is 0.245. The molecule has 2 N–H and O–H groups in total. The summed E-state index contributed by atoms with van der Waals surface area (Å²) >= 11 is 0. The number of ether oxygens (including phenoxy) is 1. The first-order valence-corrected chi connectivity index (χ1v) is 3.43. The van der Waals surface area contributed by atoms with Crippen molar-refractivity contribution < 1.29 is 9.53 Å². The molecule has 0 unspecified atom stereocenters. The molecule has 0 aromatic heterocycles. The summed E-state index contributed by atoms with van der Waals surface area (Å²) in [6.45, 7) is 4.34. The Bertz CT molecular complexity index is 72.0. The van der Waals surface area contributed by atoms with Crippen LogP contribution in [0.25, 0.3) is 0 Å². The number of hydrogen-bond donors (Lipinski definition) is 1. The number of methoxy groups -OCH3 is 1. The Morgan fingerprint density at radius 2 is 2.00 bits per heavy atom. The zero-order valence-corrected chi connectivity index (χ0v) is 7.02. The van der Waals surface area contributed by atoms with E-state index in [9.17, 15) is 4.79 Å². The van der Waals surface area contributed by atoms with Gasteiger partial charge in [-0.1, -0.05) is 13.3 Å². The summed E-state index contributed by atoms with van der Waals surface area (Å²) in [5.74, 6) is -0.245. The molecule has 3 nitrogen and oxygen atoms in total. The summed E-state index contributed by atoms with van der Waals surface area (Å²) in [7, 11) is 1.35. The summed E-state index contributed by atoms with van der Waals surface area (Å²) in [6.07, 6.45) is 2.39. The predicted octanol–water partition coefficient (Wildman–Crippen LogP) is 0.924. The molecule has 0 amide bonds. The topological polar surface area (TPSA) is 52.3 Å². The van der Waals surface area contributed by atoms with Gasteiger partial charge in [0.1, 0.15) is 0 Å². The zero-order chi connectivity index (χ0) is 8.41. The van der Waals surface area contributed by atoms with Gasteiger partial charge in [-0.3, -0.25) is 4.79 Å². The molecule has 0 atom stereocenters. The number of unbranched alkanes of at least 4 members (excludes halogenated alkanes) is 1. The van der Waals surface area contributed by atoms with Gasteiger partial charge < -0.3 is 10.5 Å². The standard InChI is InChI=1S/C4H11N.C3H6O2/c1-2-3-4-5;1-3(4)5-2/h2-5H2,1H3;1-2H3. The maximum Gasteiger partial charge on any atom is 0.302 e. The highest BCUT2D eigenvalue weighted by Gasteiger charge is 1.75. The van der Waals surface area contributed by atoms with Gasteiger partial charge in [-0.15, -0.1) is 0 Å². The molecular formula is C7H17NO2. The number of nitrogens with two attached hydrogens (primary N) is 1. The molecule has 0 rings (SSSR count). The van der Waals surface area contributed by atoms with E-state index in [2.05, 4.69) is 11.7 Å². The van der Waals surface area contributed by atoms with E-state index in [4.69, 9.17) is 5.73 Å². The van der Waals surface area contributed by atoms with Crippen LogP contribution in [0.3, 0.4) is 0 Å². The first-order chi connectivity index (χ1) is 4.68. The van der Waals surface area contributed by atoms with Crippen LogP contribution < -0.4 is 5.73 Å². The third-order valence-corrected chi connectivity index (χ3v) is 0.845. The Balaban J connectivity index is 0. The average Bonchev–Trinajstić information content (AvgIpc) is 1.91. The van der Waals surface area contributed by atoms with Gasteiger partial charge in [0.05, 0.1) is 7.11 Å². The molecule has 3 heteroatoms. The van der Waals surface area contributed by atoms with Crippen molar-refractivity contribution in [2.24, 2.45) is 5.73 Å². The van der Waals surface area contributed by atoms with Crippen molar-refractivity contribution in [3.8, 4) is 0 Å². The third kappa shape index (κ3) is 26.1. The largest absolute Gasteiger partial charge is 0.469 e. The van der Waals surface area contributed by atoms with Gasteiger partial charge in [0.25, 0.3) is 0 Å². The van der Waals surface area contributed by atoms with Gasteiger partial charge in [-0.05, 0) is 13.0 Å². The van der Waals surface area contributed by atoms with E-state index in [1.807, 2.05) is 0 Å². The number of hydrogen-bond acceptors (Lipinski definition) is 3. The number of esters is 1. The van der Waals surface area contributed by atoms with E-state index in [-0.39, 0.29) is 5.97 Å². The van der Waals surface area contributed by atoms with Crippen LogP contribution in [0.1, 0.15) is 26.7 Å². The molecule has 0 saturated carbocycles. The molecule has 0 aliphatic carbocycles. The van der Waals surface area contributed by atoms with E-state index in [0.717, 1.165) is 6.54 Å². The van der Waals surface area contributed by atoms with Gasteiger partial charge in [-0.25, -0.2) is 0 Å². The van der Waals surface area contributed by atoms with E-state index < -0.39 is 0 Å². The van der Waals surface area contributed by atoms with Crippen LogP contribution in [-0.2, 0) is 9.53 Å². The Labute approximate surface area is 62.5 Å². The van der Waals surface area contributed by atoms with Gasteiger partial charge in [-0.2, -0.15) is 0 Å². The molecule has 0 aliphatic rings. The Hall–Kier alpha value is -0.570. The second-order valence-electron chi connectivity index (χ2n) is 1.84. The third-order valence-electron chi connectivity index (χ3n) is 0.845. The van der Waals surface area contributed by atoms with Crippen LogP contribution >= 0.6 is 0 Å². The van der Waals surface area contributed by atoms with Crippen LogP contribution in [0.15, 0.2) is 0 Å². The highest BCUT2D eigenvalue weighted by molar-refractivity contribution is 5.65. The summed E-state index contributed by atoms with van der Waals surface area (Å²) in [5.41, 5.74) is 5.14. The number of carbonyl (C=O) groups is 1. The van der Waals surface area contributed by atoms with Gasteiger partial charge in [0.2, 0.25) is 0 Å². The smallest absolute Gasteiger partial charge is 0.302 e. The van der Waals surface area contributed by atoms with Crippen molar-refractivity contribution in [1.29, 1.82) is 0 Å². The number of rotatable bonds is 2. The van der Waals surface area contributed by atoms with Crippen molar-refractivity contribution in [2.75, 3.05) is 13.7 Å². The van der Waals surface area contributed by atoms with E-state index in [1.165, 1.54) is 26.9 Å². The molecule has 0 bridgehead atoms. The van der Waals surface area contributed by atoms with Crippen molar-refractivity contribution in [3.63, 3.8) is 0 Å². The molecule has 0 spiro atoms. The Morgan fingerprint density at radius 3 is 2.00 bits per heavy atom. The second-order valence-corrected chi connectivity index (χ2v) is 1.84. The lowest BCUT2D eigenvalue weighted by molar-refractivity contribution is -0.137. The fourth-order valence-electron chi connectivity index (χ4n) is 0.204. The summed E-state index contributed by atoms with van der Waals surface area (Å²) in [6, 6.07) is 0. The molecule has 0 radical (unpaired) electrons. The van der Waals surface area contributed by atoms with E-state index in [1.54, 1.807) is 0 Å². The maximum absolute atomic E-state index is 9.59. The molecule has 0 aromatic rings. The molecular weight excluding hydrogens is 130 g/mol. The van der Waals surface area contributed by atoms with Crippen LogP contribution in [0, 0.1) is 0 Å². The first kappa shape index (κ1) is 12.1. The molecule has 62 valence electrons. The van der Waals surface area contributed by atoms with Crippen LogP contribution in [-0.4, -0.2) is 19.6 Å². The van der Waals surface area contributed by atoms with Crippen LogP contribution in [0.2, 0.25) is 0 Å². The van der Waals surface area contributed by atoms with Crippen molar-refractivity contribution >= 4 is 5.97 Å². The van der Waals surface area contributed by atoms with Gasteiger partial charge >= 0.3 is 5.97 Å². The predicted molar refractivity (Wildman–Crippen MR) is 41.7 cm³/mol. The number of carbonyl (C=O) groups excluding carboxylic acids is 1. The molecule has 0 aliphatic heterocycles. The minimum Gasteiger partial charge on any atom is -0.469 e. The average molecular weight is 147 g/mol. The lowest BCUT2D eigenvalue weighted by Crippen LogP contribution is -1.95. The Kier molecular flexibility index (Phi) is 13.7. The van der Waals surface area contributed by atoms with Crippen molar-refractivity contribution in [3.05, 3.63) is 0 Å². The zero-order valence-electron chi connectivity index (χ0n) is 7.02. The quantitative estimate of drug-likeness (QED) is 0.591. The van der Waals surface area contributed by atoms with Gasteiger partial charge in [0, 0.05) is 6.92 Å². The minimum atomic E-state index is -0.245. The highest BCUT2D eigenvalue weighted by Crippen LogP contribution is 1.77. The molecule has 0 fully saturated rings. The van der Waals surface area contributed by atoms with Crippen LogP contribution in [0.5, 0.6) is 0 Å². The maximum atomic E-state index is 9.59. The summed E-state index contributed by atoms with van der Waals surface area (Å²) < 4.78 is 4.11. The van der Waals surface area contributed by atoms with E-state index in [0.29, 0.717) is 0 Å². The van der Waals surface area contributed by atoms with Crippen molar-refractivity contribution in [1.82, 2.24) is 0 Å². The molecule has 10 heavy (non-hydrogen) atoms. The summed E-state index contributed by atoms with van der Waals surface area (Å²) in [5, 5.41) is 0. The first-order valence-electron chi connectivity index (χ1n) is 3.43. The molecule has 0 heterocycles. The van der Waals surface area contributed by atoms with E-state index >= 15 is 0 Å². The fourth-order valence-corrected chi connectivity index (χ4v) is 0.204. The lowest BCUT2D eigenvalue weighted by Gasteiger charge is -1.80. The highest BCUT2D eigenvalue weighted by atomic mass is 16.5. The second kappa shape index (κ2) is 11.3. The normalized spacial score (nSPS) is 7.60. The van der Waals surface area contributed by atoms with Crippen molar-refractivity contribution in [2.45, 2.75) is 26.7 Å². The lowest BCUT2D eigenvalue weighted by atomic mass is 10.3. The molecule has 0 saturated heterocycles. The summed E-state index contributed by atoms with van der Waals surface area (Å²) in [4.78, 5) is 9.59. The molecule has 0 aromatic carbocycles. The fraction of sp³-hybridized carbons (Fsp3) is 0.857. The SMILES string of the molecule is CCCCN.COC(C)=O.